The van der Waals surface area contributed by atoms with Gasteiger partial charge in [0.25, 0.3) is 0 Å². The van der Waals surface area contributed by atoms with Gasteiger partial charge in [0.15, 0.2) is 0 Å². The summed E-state index contributed by atoms with van der Waals surface area (Å²) in [4.78, 5) is 14.0. The van der Waals surface area contributed by atoms with Crippen LogP contribution in [0.3, 0.4) is 0 Å². The molecule has 0 radical (unpaired) electrons. The zero-order chi connectivity index (χ0) is 14.2. The number of nitrogens with one attached hydrogen (secondary N) is 1. The van der Waals surface area contributed by atoms with Crippen LogP contribution in [0.1, 0.15) is 32.3 Å². The van der Waals surface area contributed by atoms with Crippen molar-refractivity contribution in [3.63, 3.8) is 0 Å². The molecule has 2 aliphatic heterocycles. The lowest BCUT2D eigenvalue weighted by Gasteiger charge is -2.35. The van der Waals surface area contributed by atoms with E-state index in [1.54, 1.807) is 0 Å². The first kappa shape index (κ1) is 13.3. The molecule has 0 aromatic heterocycles. The molecule has 108 valence electrons. The van der Waals surface area contributed by atoms with E-state index in [1.165, 1.54) is 5.56 Å². The molecule has 4 nitrogen and oxygen atoms in total. The number of benzene rings is 1. The van der Waals surface area contributed by atoms with Crippen molar-refractivity contribution in [3.8, 4) is 5.75 Å². The molecule has 1 saturated heterocycles. The quantitative estimate of drug-likeness (QED) is 0.855. The molecule has 1 N–H and O–H groups in total. The average Bonchev–Trinajstić information content (AvgIpc) is 2.82. The third-order valence-corrected chi connectivity index (χ3v) is 4.16. The molecule has 20 heavy (non-hydrogen) atoms. The number of likely N-dealkylation sites (tertiary alicyclic amines) is 1. The summed E-state index contributed by atoms with van der Waals surface area (Å²) in [7, 11) is 0. The number of carbonyl (C=O) groups excluding carboxylic acids is 1. The molecule has 3 rings (SSSR count). The smallest absolute Gasteiger partial charge is 0.317 e. The number of hydrogen-bond acceptors (Lipinski definition) is 2. The Labute approximate surface area is 120 Å². The van der Waals surface area contributed by atoms with E-state index in [0.717, 1.165) is 31.6 Å². The number of para-hydroxylation sites is 1. The number of amides is 2. The van der Waals surface area contributed by atoms with Gasteiger partial charge in [-0.15, -0.1) is 0 Å². The van der Waals surface area contributed by atoms with Crippen LogP contribution in [0.25, 0.3) is 0 Å². The summed E-state index contributed by atoms with van der Waals surface area (Å²) in [5.41, 5.74) is 1.10. The molecular weight excluding hydrogens is 252 g/mol. The Balaban J connectivity index is 1.70. The predicted molar refractivity (Wildman–Crippen MR) is 78.0 cm³/mol. The van der Waals surface area contributed by atoms with E-state index in [4.69, 9.17) is 4.74 Å². The highest BCUT2D eigenvalue weighted by Gasteiger charge is 2.44. The second kappa shape index (κ2) is 5.00. The number of fused-ring (bicyclic) bond motifs is 1. The lowest BCUT2D eigenvalue weighted by atomic mass is 9.90. The van der Waals surface area contributed by atoms with Crippen molar-refractivity contribution >= 4 is 6.03 Å². The van der Waals surface area contributed by atoms with E-state index in [-0.39, 0.29) is 17.7 Å². The van der Waals surface area contributed by atoms with E-state index < -0.39 is 0 Å². The van der Waals surface area contributed by atoms with E-state index >= 15 is 0 Å². The first-order chi connectivity index (χ1) is 9.58. The summed E-state index contributed by atoms with van der Waals surface area (Å²) in [5, 5.41) is 2.96. The Morgan fingerprint density at radius 1 is 1.35 bits per heavy atom. The number of aryl methyl sites for hydroxylation is 1. The molecule has 0 saturated carbocycles. The third-order valence-electron chi connectivity index (χ3n) is 4.16. The Morgan fingerprint density at radius 2 is 2.15 bits per heavy atom. The molecular formula is C16H22N2O2. The van der Waals surface area contributed by atoms with Gasteiger partial charge in [0.05, 0.1) is 6.54 Å². The number of nitrogens with zero attached hydrogens (tertiary/aromatic N) is 1. The number of hydrogen-bond donors (Lipinski definition) is 1. The fourth-order valence-electron chi connectivity index (χ4n) is 3.10. The number of urea groups is 1. The molecule has 2 aliphatic rings. The monoisotopic (exact) mass is 274 g/mol. The van der Waals surface area contributed by atoms with Gasteiger partial charge in [-0.05, 0) is 38.3 Å². The summed E-state index contributed by atoms with van der Waals surface area (Å²) in [6.07, 6.45) is 2.96. The van der Waals surface area contributed by atoms with Crippen LogP contribution in [0.2, 0.25) is 0 Å². The molecule has 1 atom stereocenters. The van der Waals surface area contributed by atoms with Gasteiger partial charge in [0.2, 0.25) is 0 Å². The second-order valence-corrected chi connectivity index (χ2v) is 6.17. The molecule has 1 aromatic carbocycles. The van der Waals surface area contributed by atoms with Crippen molar-refractivity contribution in [1.29, 1.82) is 0 Å². The van der Waals surface area contributed by atoms with Crippen LogP contribution in [-0.4, -0.2) is 35.7 Å². The normalized spacial score (nSPS) is 24.6. The van der Waals surface area contributed by atoms with Gasteiger partial charge in [0, 0.05) is 19.0 Å². The standard InChI is InChI=1S/C16H22N2O2/c1-12(2)17-15(19)18-10-9-16(11-18)8-7-13-5-3-4-6-14(13)20-16/h3-6,12H,7-11H2,1-2H3,(H,17,19). The van der Waals surface area contributed by atoms with Crippen molar-refractivity contribution in [3.05, 3.63) is 29.8 Å². The van der Waals surface area contributed by atoms with Gasteiger partial charge in [-0.25, -0.2) is 4.79 Å². The van der Waals surface area contributed by atoms with Crippen molar-refractivity contribution < 1.29 is 9.53 Å². The lowest BCUT2D eigenvalue weighted by Crippen LogP contribution is -2.46. The first-order valence-corrected chi connectivity index (χ1v) is 7.40. The fraction of sp³-hybridized carbons (Fsp3) is 0.562. The molecule has 4 heteroatoms. The van der Waals surface area contributed by atoms with Gasteiger partial charge in [-0.2, -0.15) is 0 Å². The fourth-order valence-corrected chi connectivity index (χ4v) is 3.10. The van der Waals surface area contributed by atoms with Crippen LogP contribution in [-0.2, 0) is 6.42 Å². The number of carbonyl (C=O) groups is 1. The van der Waals surface area contributed by atoms with E-state index in [2.05, 4.69) is 17.4 Å². The third kappa shape index (κ3) is 2.47. The van der Waals surface area contributed by atoms with Gasteiger partial charge in [-0.3, -0.25) is 0 Å². The zero-order valence-corrected chi connectivity index (χ0v) is 12.2. The molecule has 0 aliphatic carbocycles. The minimum atomic E-state index is -0.178. The predicted octanol–water partition coefficient (Wildman–Crippen LogP) is 2.57. The van der Waals surface area contributed by atoms with Crippen molar-refractivity contribution in [2.24, 2.45) is 0 Å². The van der Waals surface area contributed by atoms with Gasteiger partial charge in [-0.1, -0.05) is 18.2 Å². The van der Waals surface area contributed by atoms with Crippen molar-refractivity contribution in [2.45, 2.75) is 44.8 Å². The summed E-state index contributed by atoms with van der Waals surface area (Å²) in [5.74, 6) is 0.991. The minimum absolute atomic E-state index is 0.0272. The molecule has 2 heterocycles. The number of rotatable bonds is 1. The molecule has 1 fully saturated rings. The van der Waals surface area contributed by atoms with Crippen LogP contribution >= 0.6 is 0 Å². The highest BCUT2D eigenvalue weighted by atomic mass is 16.5. The van der Waals surface area contributed by atoms with Crippen LogP contribution in [0.5, 0.6) is 5.75 Å². The van der Waals surface area contributed by atoms with Gasteiger partial charge < -0.3 is 15.0 Å². The minimum Gasteiger partial charge on any atom is -0.485 e. The molecule has 1 spiro atoms. The molecule has 1 unspecified atom stereocenters. The first-order valence-electron chi connectivity index (χ1n) is 7.40. The van der Waals surface area contributed by atoms with E-state index in [9.17, 15) is 4.79 Å². The van der Waals surface area contributed by atoms with Crippen LogP contribution < -0.4 is 10.1 Å². The van der Waals surface area contributed by atoms with Gasteiger partial charge >= 0.3 is 6.03 Å². The summed E-state index contributed by atoms with van der Waals surface area (Å²) < 4.78 is 6.24. The van der Waals surface area contributed by atoms with E-state index in [1.807, 2.05) is 30.9 Å². The lowest BCUT2D eigenvalue weighted by molar-refractivity contribution is 0.0575. The highest BCUT2D eigenvalue weighted by Crippen LogP contribution is 2.38. The summed E-state index contributed by atoms with van der Waals surface area (Å²) in [6, 6.07) is 8.42. The van der Waals surface area contributed by atoms with Crippen LogP contribution in [0.15, 0.2) is 24.3 Å². The summed E-state index contributed by atoms with van der Waals surface area (Å²) >= 11 is 0. The van der Waals surface area contributed by atoms with Crippen LogP contribution in [0.4, 0.5) is 4.79 Å². The maximum atomic E-state index is 12.1. The molecule has 1 aromatic rings. The van der Waals surface area contributed by atoms with Crippen LogP contribution in [0, 0.1) is 0 Å². The average molecular weight is 274 g/mol. The Hall–Kier alpha value is -1.71. The molecule has 2 amide bonds. The second-order valence-electron chi connectivity index (χ2n) is 6.17. The van der Waals surface area contributed by atoms with Crippen molar-refractivity contribution in [2.75, 3.05) is 13.1 Å². The molecule has 0 bridgehead atoms. The topological polar surface area (TPSA) is 41.6 Å². The Morgan fingerprint density at radius 3 is 2.95 bits per heavy atom. The van der Waals surface area contributed by atoms with Gasteiger partial charge in [0.1, 0.15) is 11.4 Å². The summed E-state index contributed by atoms with van der Waals surface area (Å²) in [6.45, 7) is 5.44. The Kier molecular flexibility index (Phi) is 3.32. The Bertz CT molecular complexity index is 515. The highest BCUT2D eigenvalue weighted by molar-refractivity contribution is 5.75. The number of ether oxygens (including phenoxy) is 1. The van der Waals surface area contributed by atoms with Crippen molar-refractivity contribution in [1.82, 2.24) is 10.2 Å². The maximum absolute atomic E-state index is 12.1. The van der Waals surface area contributed by atoms with E-state index in [0.29, 0.717) is 6.54 Å². The zero-order valence-electron chi connectivity index (χ0n) is 12.2. The largest absolute Gasteiger partial charge is 0.485 e. The SMILES string of the molecule is CC(C)NC(=O)N1CCC2(CCc3ccccc3O2)C1. The maximum Gasteiger partial charge on any atom is 0.317 e.